The zero-order chi connectivity index (χ0) is 26.8. The van der Waals surface area contributed by atoms with E-state index in [4.69, 9.17) is 0 Å². The lowest BCUT2D eigenvalue weighted by Crippen LogP contribution is -2.59. The minimum Gasteiger partial charge on any atom is -0.361 e. The number of carbonyl (C=O) groups is 1. The van der Waals surface area contributed by atoms with Gasteiger partial charge in [-0.25, -0.2) is 13.4 Å². The minimum atomic E-state index is -4.10. The number of imidazole rings is 1. The predicted molar refractivity (Wildman–Crippen MR) is 146 cm³/mol. The van der Waals surface area contributed by atoms with E-state index in [9.17, 15) is 13.2 Å². The highest BCUT2D eigenvalue weighted by Gasteiger charge is 2.42. The van der Waals surface area contributed by atoms with Crippen LogP contribution in [0, 0.1) is 0 Å². The van der Waals surface area contributed by atoms with Gasteiger partial charge in [0.2, 0.25) is 11.1 Å². The molecule has 3 N–H and O–H groups in total. The van der Waals surface area contributed by atoms with Crippen LogP contribution in [0.15, 0.2) is 72.4 Å². The smallest absolute Gasteiger partial charge is 0.275 e. The summed E-state index contributed by atoms with van der Waals surface area (Å²) in [5.41, 5.74) is 0.976. The third kappa shape index (κ3) is 5.10. The summed E-state index contributed by atoms with van der Waals surface area (Å²) in [4.78, 5) is 25.9. The minimum absolute atomic E-state index is 0.146. The molecule has 0 spiro atoms. The second-order valence-electron chi connectivity index (χ2n) is 10.5. The number of hydrogen-bond acceptors (Lipinski definition) is 5. The molecule has 0 aliphatic heterocycles. The molecule has 3 heterocycles. The molecule has 0 bridgehead atoms. The third-order valence-electron chi connectivity index (χ3n) is 7.70. The van der Waals surface area contributed by atoms with E-state index in [0.29, 0.717) is 6.54 Å². The number of nitrogens with one attached hydrogen (secondary N) is 3. The Kier molecular flexibility index (Phi) is 7.11. The van der Waals surface area contributed by atoms with E-state index in [-0.39, 0.29) is 22.9 Å². The Bertz CT molecular complexity index is 1520. The lowest BCUT2D eigenvalue weighted by molar-refractivity contribution is -0.126. The van der Waals surface area contributed by atoms with E-state index in [1.54, 1.807) is 26.4 Å². The molecule has 9 nitrogen and oxygen atoms in total. The quantitative estimate of drug-likeness (QED) is 0.303. The van der Waals surface area contributed by atoms with Crippen LogP contribution in [0.4, 0.5) is 0 Å². The van der Waals surface area contributed by atoms with Crippen molar-refractivity contribution in [2.75, 3.05) is 6.54 Å². The zero-order valence-electron chi connectivity index (χ0n) is 21.8. The Balaban J connectivity index is 1.46. The molecule has 1 aliphatic carbocycles. The van der Waals surface area contributed by atoms with Crippen LogP contribution >= 0.6 is 0 Å². The number of H-pyrrole nitrogens is 1. The highest BCUT2D eigenvalue weighted by molar-refractivity contribution is 7.89. The van der Waals surface area contributed by atoms with Gasteiger partial charge >= 0.3 is 0 Å². The monoisotopic (exact) mass is 534 g/mol. The molecule has 200 valence electrons. The molecule has 3 aromatic heterocycles. The summed E-state index contributed by atoms with van der Waals surface area (Å²) in [5.74, 6) is -0.388. The Hall–Kier alpha value is -3.50. The first-order chi connectivity index (χ1) is 18.2. The van der Waals surface area contributed by atoms with Crippen molar-refractivity contribution in [3.8, 4) is 0 Å². The van der Waals surface area contributed by atoms with E-state index >= 15 is 0 Å². The van der Waals surface area contributed by atoms with Crippen molar-refractivity contribution in [2.24, 2.45) is 7.05 Å². The van der Waals surface area contributed by atoms with Crippen LogP contribution in [0.3, 0.4) is 0 Å². The lowest BCUT2D eigenvalue weighted by atomic mass is 9.71. The van der Waals surface area contributed by atoms with Crippen molar-refractivity contribution in [1.82, 2.24) is 29.6 Å². The predicted octanol–water partition coefficient (Wildman–Crippen LogP) is 3.59. The van der Waals surface area contributed by atoms with Crippen LogP contribution in [0.25, 0.3) is 10.9 Å². The SMILES string of the molecule is Cn1ccnc1S(=O)(=O)N[C@@](C)(Cc1c[nH]c2ccccc12)C(=O)NCC1(c2ccccn2)CCCCC1. The van der Waals surface area contributed by atoms with Crippen LogP contribution in [0.5, 0.6) is 0 Å². The van der Waals surface area contributed by atoms with E-state index in [1.165, 1.54) is 10.8 Å². The van der Waals surface area contributed by atoms with Crippen LogP contribution in [-0.2, 0) is 33.7 Å². The molecule has 1 saturated carbocycles. The molecular formula is C28H34N6O3S. The van der Waals surface area contributed by atoms with Gasteiger partial charge in [-0.1, -0.05) is 43.5 Å². The summed E-state index contributed by atoms with van der Waals surface area (Å²) in [6.07, 6.45) is 11.9. The van der Waals surface area contributed by atoms with Gasteiger partial charge < -0.3 is 14.9 Å². The molecule has 38 heavy (non-hydrogen) atoms. The molecule has 10 heteroatoms. The van der Waals surface area contributed by atoms with Crippen LogP contribution < -0.4 is 10.0 Å². The highest BCUT2D eigenvalue weighted by atomic mass is 32.2. The maximum atomic E-state index is 14.0. The van der Waals surface area contributed by atoms with Crippen molar-refractivity contribution in [3.63, 3.8) is 0 Å². The number of rotatable bonds is 9. The summed E-state index contributed by atoms with van der Waals surface area (Å²) >= 11 is 0. The number of aromatic nitrogens is 4. The van der Waals surface area contributed by atoms with Crippen molar-refractivity contribution in [2.45, 2.75) is 61.6 Å². The number of carbonyl (C=O) groups excluding carboxylic acids is 1. The average molecular weight is 535 g/mol. The highest BCUT2D eigenvalue weighted by Crippen LogP contribution is 2.38. The lowest BCUT2D eigenvalue weighted by Gasteiger charge is -2.38. The Morgan fingerprint density at radius 2 is 1.84 bits per heavy atom. The van der Waals surface area contributed by atoms with Gasteiger partial charge in [-0.15, -0.1) is 0 Å². The number of aryl methyl sites for hydroxylation is 1. The van der Waals surface area contributed by atoms with Crippen LogP contribution in [0.1, 0.15) is 50.3 Å². The Morgan fingerprint density at radius 1 is 1.08 bits per heavy atom. The standard InChI is InChI=1S/C28H34N6O3S/c1-27(33-38(36,37)26-30-16-17-34(26)2,18-21-19-31-23-11-5-4-10-22(21)23)25(35)32-20-28(13-7-3-8-14-28)24-12-6-9-15-29-24/h4-6,9-12,15-17,19,31,33H,3,7-8,13-14,18,20H2,1-2H3,(H,32,35)/t27-/m0/s1. The summed E-state index contributed by atoms with van der Waals surface area (Å²) in [6, 6.07) is 13.7. The average Bonchev–Trinajstić information content (AvgIpc) is 3.54. The van der Waals surface area contributed by atoms with E-state index < -0.39 is 15.6 Å². The summed E-state index contributed by atoms with van der Waals surface area (Å²) < 4.78 is 31.0. The zero-order valence-corrected chi connectivity index (χ0v) is 22.6. The molecule has 1 aromatic carbocycles. The fourth-order valence-electron chi connectivity index (χ4n) is 5.65. The maximum absolute atomic E-state index is 14.0. The first kappa shape index (κ1) is 26.1. The molecule has 0 unspecified atom stereocenters. The van der Waals surface area contributed by atoms with Gasteiger partial charge in [0.25, 0.3) is 10.0 Å². The fourth-order valence-corrected chi connectivity index (χ4v) is 7.14. The number of aromatic amines is 1. The molecule has 1 fully saturated rings. The van der Waals surface area contributed by atoms with Crippen molar-refractivity contribution >= 4 is 26.8 Å². The summed E-state index contributed by atoms with van der Waals surface area (Å²) in [6.45, 7) is 2.02. The van der Waals surface area contributed by atoms with E-state index in [2.05, 4.69) is 25.0 Å². The van der Waals surface area contributed by atoms with E-state index in [1.807, 2.05) is 48.7 Å². The number of fused-ring (bicyclic) bond motifs is 1. The third-order valence-corrected chi connectivity index (χ3v) is 9.30. The number of nitrogens with zero attached hydrogens (tertiary/aromatic N) is 3. The second-order valence-corrected chi connectivity index (χ2v) is 12.1. The van der Waals surface area contributed by atoms with Gasteiger partial charge in [-0.2, -0.15) is 4.72 Å². The molecule has 5 rings (SSSR count). The first-order valence-corrected chi connectivity index (χ1v) is 14.5. The van der Waals surface area contributed by atoms with Gasteiger partial charge in [0.05, 0.1) is 0 Å². The number of sulfonamides is 1. The summed E-state index contributed by atoms with van der Waals surface area (Å²) in [7, 11) is -2.49. The Morgan fingerprint density at radius 3 is 2.55 bits per heavy atom. The maximum Gasteiger partial charge on any atom is 0.275 e. The molecule has 0 radical (unpaired) electrons. The van der Waals surface area contributed by atoms with Gasteiger partial charge in [0.1, 0.15) is 5.54 Å². The molecular weight excluding hydrogens is 500 g/mol. The van der Waals surface area contributed by atoms with Gasteiger partial charge in [-0.3, -0.25) is 9.78 Å². The van der Waals surface area contributed by atoms with Crippen molar-refractivity contribution in [1.29, 1.82) is 0 Å². The summed E-state index contributed by atoms with van der Waals surface area (Å²) in [5, 5.41) is 3.93. The van der Waals surface area contributed by atoms with Gasteiger partial charge in [0.15, 0.2) is 0 Å². The van der Waals surface area contributed by atoms with Crippen molar-refractivity contribution in [3.05, 3.63) is 78.5 Å². The van der Waals surface area contributed by atoms with Gasteiger partial charge in [-0.05, 0) is 43.5 Å². The van der Waals surface area contributed by atoms with Crippen LogP contribution in [-0.4, -0.2) is 45.9 Å². The first-order valence-electron chi connectivity index (χ1n) is 13.0. The Labute approximate surface area is 223 Å². The number of para-hydroxylation sites is 1. The van der Waals surface area contributed by atoms with E-state index in [0.717, 1.165) is 54.3 Å². The van der Waals surface area contributed by atoms with Gasteiger partial charge in [0, 0.05) is 66.8 Å². The number of benzene rings is 1. The molecule has 1 atom stereocenters. The number of pyridine rings is 1. The molecule has 1 aliphatic rings. The second kappa shape index (κ2) is 10.3. The normalized spacial score (nSPS) is 17.2. The molecule has 4 aromatic rings. The molecule has 1 amide bonds. The largest absolute Gasteiger partial charge is 0.361 e. The fraction of sp³-hybridized carbons (Fsp3) is 0.393. The molecule has 0 saturated heterocycles. The number of hydrogen-bond donors (Lipinski definition) is 3. The van der Waals surface area contributed by atoms with Crippen LogP contribution in [0.2, 0.25) is 0 Å². The number of amides is 1. The topological polar surface area (TPSA) is 122 Å². The van der Waals surface area contributed by atoms with Crippen molar-refractivity contribution < 1.29 is 13.2 Å².